The van der Waals surface area contributed by atoms with Gasteiger partial charge in [-0.25, -0.2) is 4.79 Å². The highest BCUT2D eigenvalue weighted by Gasteiger charge is 2.26. The highest BCUT2D eigenvalue weighted by atomic mass is 16.6. The standard InChI is InChI=1S/C9H14O3/c1-3-4-9(10)11-6-8-5-7(2)12-8/h3-4,7-8H,5-6H2,1-2H3. The van der Waals surface area contributed by atoms with Crippen molar-refractivity contribution in [1.82, 2.24) is 0 Å². The smallest absolute Gasteiger partial charge is 0.330 e. The second kappa shape index (κ2) is 4.26. The molecule has 2 atom stereocenters. The van der Waals surface area contributed by atoms with E-state index < -0.39 is 0 Å². The zero-order valence-electron chi connectivity index (χ0n) is 7.45. The molecule has 2 unspecified atom stereocenters. The molecule has 68 valence electrons. The molecule has 0 N–H and O–H groups in total. The van der Waals surface area contributed by atoms with Crippen LogP contribution in [-0.4, -0.2) is 24.8 Å². The second-order valence-electron chi connectivity index (χ2n) is 2.93. The summed E-state index contributed by atoms with van der Waals surface area (Å²) in [4.78, 5) is 10.8. The maximum Gasteiger partial charge on any atom is 0.330 e. The summed E-state index contributed by atoms with van der Waals surface area (Å²) >= 11 is 0. The maximum atomic E-state index is 10.8. The molecule has 1 saturated heterocycles. The third kappa shape index (κ3) is 2.66. The zero-order chi connectivity index (χ0) is 8.97. The van der Waals surface area contributed by atoms with E-state index in [1.807, 2.05) is 6.92 Å². The molecule has 0 bridgehead atoms. The fourth-order valence-corrected chi connectivity index (χ4v) is 1.15. The largest absolute Gasteiger partial charge is 0.460 e. The summed E-state index contributed by atoms with van der Waals surface area (Å²) in [6.45, 7) is 4.17. The van der Waals surface area contributed by atoms with Crippen molar-refractivity contribution < 1.29 is 14.3 Å². The SMILES string of the molecule is CC=CC(=O)OCC1CC(C)O1. The average Bonchev–Trinajstić information content (AvgIpc) is 1.96. The molecule has 0 aromatic rings. The Morgan fingerprint density at radius 1 is 1.75 bits per heavy atom. The Morgan fingerprint density at radius 2 is 2.42 bits per heavy atom. The topological polar surface area (TPSA) is 35.5 Å². The van der Waals surface area contributed by atoms with Gasteiger partial charge in [0.1, 0.15) is 6.61 Å². The minimum absolute atomic E-state index is 0.120. The fourth-order valence-electron chi connectivity index (χ4n) is 1.15. The third-order valence-corrected chi connectivity index (χ3v) is 1.73. The highest BCUT2D eigenvalue weighted by molar-refractivity contribution is 5.81. The van der Waals surface area contributed by atoms with Gasteiger partial charge in [0, 0.05) is 12.5 Å². The van der Waals surface area contributed by atoms with E-state index in [1.54, 1.807) is 13.0 Å². The van der Waals surface area contributed by atoms with Gasteiger partial charge in [0.2, 0.25) is 0 Å². The summed E-state index contributed by atoms with van der Waals surface area (Å²) in [5.74, 6) is -0.291. The van der Waals surface area contributed by atoms with E-state index in [4.69, 9.17) is 9.47 Å². The van der Waals surface area contributed by atoms with Crippen LogP contribution in [0.2, 0.25) is 0 Å². The van der Waals surface area contributed by atoms with Crippen molar-refractivity contribution in [1.29, 1.82) is 0 Å². The van der Waals surface area contributed by atoms with Gasteiger partial charge in [-0.1, -0.05) is 6.08 Å². The molecule has 0 amide bonds. The number of rotatable bonds is 3. The molecule has 0 spiro atoms. The summed E-state index contributed by atoms with van der Waals surface area (Å²) in [5.41, 5.74) is 0. The monoisotopic (exact) mass is 170 g/mol. The third-order valence-electron chi connectivity index (χ3n) is 1.73. The van der Waals surface area contributed by atoms with Crippen molar-refractivity contribution in [2.75, 3.05) is 6.61 Å². The van der Waals surface area contributed by atoms with Gasteiger partial charge in [-0.2, -0.15) is 0 Å². The Hall–Kier alpha value is -0.830. The molecule has 1 heterocycles. The van der Waals surface area contributed by atoms with E-state index in [-0.39, 0.29) is 12.1 Å². The van der Waals surface area contributed by atoms with E-state index in [0.29, 0.717) is 12.7 Å². The molecule has 0 aromatic carbocycles. The molecule has 1 fully saturated rings. The summed E-state index contributed by atoms with van der Waals surface area (Å²) < 4.78 is 10.2. The van der Waals surface area contributed by atoms with Crippen molar-refractivity contribution in [2.24, 2.45) is 0 Å². The van der Waals surface area contributed by atoms with Gasteiger partial charge in [0.25, 0.3) is 0 Å². The molecule has 0 aliphatic carbocycles. The van der Waals surface area contributed by atoms with E-state index in [1.165, 1.54) is 6.08 Å². The van der Waals surface area contributed by atoms with E-state index in [9.17, 15) is 4.79 Å². The van der Waals surface area contributed by atoms with Crippen molar-refractivity contribution in [3.63, 3.8) is 0 Å². The van der Waals surface area contributed by atoms with E-state index in [0.717, 1.165) is 6.42 Å². The summed E-state index contributed by atoms with van der Waals surface area (Å²) in [6, 6.07) is 0. The normalized spacial score (nSPS) is 28.5. The Balaban J connectivity index is 2.06. The molecule has 0 aromatic heterocycles. The van der Waals surface area contributed by atoms with Crippen LogP contribution >= 0.6 is 0 Å². The minimum atomic E-state index is -0.291. The quantitative estimate of drug-likeness (QED) is 0.473. The van der Waals surface area contributed by atoms with Gasteiger partial charge in [0.15, 0.2) is 0 Å². The lowest BCUT2D eigenvalue weighted by Crippen LogP contribution is -2.38. The molecule has 1 aliphatic heterocycles. The highest BCUT2D eigenvalue weighted by Crippen LogP contribution is 2.19. The number of hydrogen-bond donors (Lipinski definition) is 0. The first kappa shape index (κ1) is 9.26. The van der Waals surface area contributed by atoms with Crippen molar-refractivity contribution in [3.8, 4) is 0 Å². The predicted molar refractivity (Wildman–Crippen MR) is 44.7 cm³/mol. The van der Waals surface area contributed by atoms with Gasteiger partial charge in [-0.05, 0) is 13.8 Å². The van der Waals surface area contributed by atoms with Crippen LogP contribution in [0.5, 0.6) is 0 Å². The van der Waals surface area contributed by atoms with Gasteiger partial charge in [-0.15, -0.1) is 0 Å². The van der Waals surface area contributed by atoms with Crippen LogP contribution in [0.15, 0.2) is 12.2 Å². The molecule has 0 radical (unpaired) electrons. The predicted octanol–water partition coefficient (Wildman–Crippen LogP) is 1.28. The Labute approximate surface area is 72.4 Å². The molecular weight excluding hydrogens is 156 g/mol. The van der Waals surface area contributed by atoms with Crippen molar-refractivity contribution >= 4 is 5.97 Å². The first-order valence-electron chi connectivity index (χ1n) is 4.17. The lowest BCUT2D eigenvalue weighted by molar-refractivity contribution is -0.161. The fraction of sp³-hybridized carbons (Fsp3) is 0.667. The molecule has 12 heavy (non-hydrogen) atoms. The Morgan fingerprint density at radius 3 is 2.92 bits per heavy atom. The average molecular weight is 170 g/mol. The van der Waals surface area contributed by atoms with Crippen LogP contribution in [0.4, 0.5) is 0 Å². The summed E-state index contributed by atoms with van der Waals surface area (Å²) in [6.07, 6.45) is 4.50. The van der Waals surface area contributed by atoms with E-state index >= 15 is 0 Å². The molecule has 1 rings (SSSR count). The van der Waals surface area contributed by atoms with Crippen LogP contribution in [0, 0.1) is 0 Å². The number of ether oxygens (including phenoxy) is 2. The minimum Gasteiger partial charge on any atom is -0.460 e. The molecule has 0 saturated carbocycles. The van der Waals surface area contributed by atoms with Gasteiger partial charge < -0.3 is 9.47 Å². The first-order valence-corrected chi connectivity index (χ1v) is 4.17. The molecular formula is C9H14O3. The second-order valence-corrected chi connectivity index (χ2v) is 2.93. The van der Waals surface area contributed by atoms with Crippen LogP contribution in [-0.2, 0) is 14.3 Å². The van der Waals surface area contributed by atoms with Gasteiger partial charge in [-0.3, -0.25) is 0 Å². The van der Waals surface area contributed by atoms with E-state index in [2.05, 4.69) is 0 Å². The maximum absolute atomic E-state index is 10.8. The van der Waals surface area contributed by atoms with Crippen LogP contribution in [0.25, 0.3) is 0 Å². The van der Waals surface area contributed by atoms with Crippen LogP contribution in [0.3, 0.4) is 0 Å². The zero-order valence-corrected chi connectivity index (χ0v) is 7.45. The summed E-state index contributed by atoms with van der Waals surface area (Å²) in [5, 5.41) is 0. The molecule has 1 aliphatic rings. The number of carbonyl (C=O) groups is 1. The van der Waals surface area contributed by atoms with Crippen molar-refractivity contribution in [3.05, 3.63) is 12.2 Å². The lowest BCUT2D eigenvalue weighted by atomic mass is 10.1. The molecule has 3 nitrogen and oxygen atoms in total. The van der Waals surface area contributed by atoms with Gasteiger partial charge >= 0.3 is 5.97 Å². The Bertz CT molecular complexity index is 180. The Kier molecular flexibility index (Phi) is 3.29. The van der Waals surface area contributed by atoms with Crippen molar-refractivity contribution in [2.45, 2.75) is 32.5 Å². The first-order chi connectivity index (χ1) is 5.72. The number of carbonyl (C=O) groups excluding carboxylic acids is 1. The lowest BCUT2D eigenvalue weighted by Gasteiger charge is -2.32. The molecule has 3 heteroatoms. The van der Waals surface area contributed by atoms with Gasteiger partial charge in [0.05, 0.1) is 12.2 Å². The number of allylic oxidation sites excluding steroid dienone is 1. The summed E-state index contributed by atoms with van der Waals surface area (Å²) in [7, 11) is 0. The van der Waals surface area contributed by atoms with Crippen LogP contribution < -0.4 is 0 Å². The number of hydrogen-bond acceptors (Lipinski definition) is 3. The van der Waals surface area contributed by atoms with Crippen LogP contribution in [0.1, 0.15) is 20.3 Å². The number of esters is 1.